The number of carbonyl (C=O) groups excluding carboxylic acids is 2. The van der Waals surface area contributed by atoms with Gasteiger partial charge in [-0.2, -0.15) is 4.98 Å². The summed E-state index contributed by atoms with van der Waals surface area (Å²) in [7, 11) is 3.83. The van der Waals surface area contributed by atoms with Gasteiger partial charge in [0.2, 0.25) is 5.95 Å². The topological polar surface area (TPSA) is 115 Å². The van der Waals surface area contributed by atoms with Gasteiger partial charge in [-0.15, -0.1) is 11.3 Å². The Kier molecular flexibility index (Phi) is 7.43. The van der Waals surface area contributed by atoms with Crippen LogP contribution in [0.25, 0.3) is 11.3 Å². The summed E-state index contributed by atoms with van der Waals surface area (Å²) in [5.41, 5.74) is 1.41. The van der Waals surface area contributed by atoms with E-state index in [0.717, 1.165) is 17.0 Å². The van der Waals surface area contributed by atoms with Crippen molar-refractivity contribution in [3.05, 3.63) is 76.8 Å². The zero-order valence-corrected chi connectivity index (χ0v) is 21.9. The largest absolute Gasteiger partial charge is 0.353 e. The first-order chi connectivity index (χ1) is 18.8. The molecular formula is C26H24F2N8O2S. The number of rotatable bonds is 8. The quantitative estimate of drug-likeness (QED) is 0.297. The Morgan fingerprint density at radius 1 is 1.13 bits per heavy atom. The number of nitrogens with zero attached hydrogens (tertiary/aromatic N) is 5. The maximum absolute atomic E-state index is 14.8. The van der Waals surface area contributed by atoms with Crippen LogP contribution in [-0.4, -0.2) is 59.0 Å². The minimum absolute atomic E-state index is 0.0420. The van der Waals surface area contributed by atoms with Crippen molar-refractivity contribution in [3.8, 4) is 11.3 Å². The first kappa shape index (κ1) is 26.1. The number of hydrogen-bond donors (Lipinski definition) is 3. The molecule has 13 heteroatoms. The summed E-state index contributed by atoms with van der Waals surface area (Å²) in [4.78, 5) is 41.6. The van der Waals surface area contributed by atoms with Crippen molar-refractivity contribution in [2.24, 2.45) is 0 Å². The third-order valence-electron chi connectivity index (χ3n) is 5.89. The average molecular weight is 551 g/mol. The average Bonchev–Trinajstić information content (AvgIpc) is 3.42. The Bertz CT molecular complexity index is 1490. The first-order valence-corrected chi connectivity index (χ1v) is 12.8. The van der Waals surface area contributed by atoms with Gasteiger partial charge in [-0.3, -0.25) is 10.1 Å². The standard InChI is InChI=1S/C26H24F2N8O2S/c1-35(2)12-10-29-24-32-20(15-6-8-16(9-7-15)23(37)34-25-30-11-13-39-25)17-14-31-26(38)36(22(17)33-24)21-18(27)4-3-5-19(21)28/h3-9,11,13H,10,12,14H2,1-2H3,(H,31,38)(H,29,32,33)(H,30,34,37). The molecule has 5 rings (SSSR count). The van der Waals surface area contributed by atoms with Crippen molar-refractivity contribution in [2.45, 2.75) is 6.54 Å². The van der Waals surface area contributed by atoms with E-state index in [1.807, 2.05) is 19.0 Å². The first-order valence-electron chi connectivity index (χ1n) is 11.9. The predicted octanol–water partition coefficient (Wildman–Crippen LogP) is 4.47. The van der Waals surface area contributed by atoms with Crippen LogP contribution >= 0.6 is 11.3 Å². The number of nitrogens with one attached hydrogen (secondary N) is 3. The highest BCUT2D eigenvalue weighted by molar-refractivity contribution is 7.13. The van der Waals surface area contributed by atoms with Crippen LogP contribution in [0.1, 0.15) is 15.9 Å². The summed E-state index contributed by atoms with van der Waals surface area (Å²) in [6.45, 7) is 1.20. The molecule has 2 aromatic carbocycles. The third-order valence-corrected chi connectivity index (χ3v) is 6.58. The number of likely N-dealkylation sites (N-methyl/N-ethyl adjacent to an activating group) is 1. The van der Waals surface area contributed by atoms with Gasteiger partial charge in [0, 0.05) is 41.4 Å². The van der Waals surface area contributed by atoms with Gasteiger partial charge in [0.05, 0.1) is 12.2 Å². The lowest BCUT2D eigenvalue weighted by Crippen LogP contribution is -2.43. The summed E-state index contributed by atoms with van der Waals surface area (Å²) in [5, 5.41) is 10.8. The highest BCUT2D eigenvalue weighted by Gasteiger charge is 2.34. The highest BCUT2D eigenvalue weighted by Crippen LogP contribution is 2.38. The number of fused-ring (bicyclic) bond motifs is 1. The normalized spacial score (nSPS) is 12.7. The third kappa shape index (κ3) is 5.54. The molecule has 0 aliphatic carbocycles. The number of carbonyl (C=O) groups is 2. The lowest BCUT2D eigenvalue weighted by Gasteiger charge is -2.30. The number of hydrogen-bond acceptors (Lipinski definition) is 8. The molecule has 0 saturated heterocycles. The van der Waals surface area contributed by atoms with Crippen LogP contribution in [0.3, 0.4) is 0 Å². The second kappa shape index (κ2) is 11.1. The molecule has 0 saturated carbocycles. The van der Waals surface area contributed by atoms with Crippen LogP contribution in [0.2, 0.25) is 0 Å². The van der Waals surface area contributed by atoms with Crippen molar-refractivity contribution in [1.82, 2.24) is 25.2 Å². The van der Waals surface area contributed by atoms with Gasteiger partial charge in [-0.1, -0.05) is 18.2 Å². The van der Waals surface area contributed by atoms with Crippen LogP contribution < -0.4 is 20.9 Å². The molecule has 0 bridgehead atoms. The van der Waals surface area contributed by atoms with E-state index in [0.29, 0.717) is 40.6 Å². The number of para-hydroxylation sites is 1. The van der Waals surface area contributed by atoms with Crippen LogP contribution in [0.4, 0.5) is 36.2 Å². The van der Waals surface area contributed by atoms with E-state index in [9.17, 15) is 18.4 Å². The molecule has 200 valence electrons. The van der Waals surface area contributed by atoms with Crippen molar-refractivity contribution in [2.75, 3.05) is 42.7 Å². The van der Waals surface area contributed by atoms with E-state index in [1.165, 1.54) is 17.4 Å². The van der Waals surface area contributed by atoms with Gasteiger partial charge in [0.25, 0.3) is 5.91 Å². The van der Waals surface area contributed by atoms with E-state index in [1.54, 1.807) is 35.8 Å². The summed E-state index contributed by atoms with van der Waals surface area (Å²) in [6, 6.07) is 9.37. The van der Waals surface area contributed by atoms with Gasteiger partial charge in [-0.05, 0) is 38.4 Å². The molecule has 10 nitrogen and oxygen atoms in total. The Morgan fingerprint density at radius 3 is 2.54 bits per heavy atom. The van der Waals surface area contributed by atoms with Crippen molar-refractivity contribution in [1.29, 1.82) is 0 Å². The molecule has 0 fully saturated rings. The minimum Gasteiger partial charge on any atom is -0.353 e. The van der Waals surface area contributed by atoms with E-state index < -0.39 is 23.4 Å². The number of anilines is 4. The molecule has 2 aromatic heterocycles. The van der Waals surface area contributed by atoms with Crippen molar-refractivity contribution < 1.29 is 18.4 Å². The van der Waals surface area contributed by atoms with Gasteiger partial charge in [0.15, 0.2) is 10.9 Å². The Labute approximate surface area is 226 Å². The molecular weight excluding hydrogens is 526 g/mol. The van der Waals surface area contributed by atoms with E-state index in [4.69, 9.17) is 0 Å². The summed E-state index contributed by atoms with van der Waals surface area (Å²) in [5.74, 6) is -1.88. The summed E-state index contributed by atoms with van der Waals surface area (Å²) < 4.78 is 29.6. The SMILES string of the molecule is CN(C)CCNc1nc(-c2ccc(C(=O)Nc3nccs3)cc2)c2c(n1)N(c1c(F)cccc1F)C(=O)NC2. The number of thiazole rings is 1. The molecule has 4 aromatic rings. The van der Waals surface area contributed by atoms with Gasteiger partial charge in [-0.25, -0.2) is 28.4 Å². The molecule has 3 heterocycles. The second-order valence-electron chi connectivity index (χ2n) is 8.86. The predicted molar refractivity (Wildman–Crippen MR) is 145 cm³/mol. The summed E-state index contributed by atoms with van der Waals surface area (Å²) in [6.07, 6.45) is 1.60. The molecule has 39 heavy (non-hydrogen) atoms. The Balaban J connectivity index is 1.56. The van der Waals surface area contributed by atoms with Gasteiger partial charge < -0.3 is 15.5 Å². The number of amides is 3. The second-order valence-corrected chi connectivity index (χ2v) is 9.76. The maximum Gasteiger partial charge on any atom is 0.328 e. The molecule has 0 unspecified atom stereocenters. The Morgan fingerprint density at radius 2 is 1.87 bits per heavy atom. The van der Waals surface area contributed by atoms with E-state index >= 15 is 0 Å². The summed E-state index contributed by atoms with van der Waals surface area (Å²) >= 11 is 1.31. The molecule has 0 atom stereocenters. The molecule has 3 amide bonds. The molecule has 3 N–H and O–H groups in total. The minimum atomic E-state index is -0.907. The van der Waals surface area contributed by atoms with Crippen molar-refractivity contribution >= 4 is 45.9 Å². The van der Waals surface area contributed by atoms with Crippen LogP contribution in [0.5, 0.6) is 0 Å². The number of urea groups is 1. The molecule has 0 radical (unpaired) electrons. The maximum atomic E-state index is 14.8. The van der Waals surface area contributed by atoms with Crippen LogP contribution in [-0.2, 0) is 6.54 Å². The smallest absolute Gasteiger partial charge is 0.328 e. The zero-order valence-electron chi connectivity index (χ0n) is 21.0. The highest BCUT2D eigenvalue weighted by atomic mass is 32.1. The zero-order chi connectivity index (χ0) is 27.5. The fraction of sp³-hybridized carbons (Fsp3) is 0.192. The van der Waals surface area contributed by atoms with Crippen molar-refractivity contribution in [3.63, 3.8) is 0 Å². The van der Waals surface area contributed by atoms with Gasteiger partial charge in [0.1, 0.15) is 17.3 Å². The number of benzene rings is 2. The molecule has 1 aliphatic heterocycles. The van der Waals surface area contributed by atoms with Gasteiger partial charge >= 0.3 is 6.03 Å². The Hall–Kier alpha value is -4.49. The fourth-order valence-corrected chi connectivity index (χ4v) is 4.54. The lowest BCUT2D eigenvalue weighted by molar-refractivity contribution is 0.102. The monoisotopic (exact) mass is 550 g/mol. The molecule has 1 aliphatic rings. The number of aromatic nitrogens is 3. The lowest BCUT2D eigenvalue weighted by atomic mass is 10.0. The molecule has 0 spiro atoms. The van der Waals surface area contributed by atoms with E-state index in [-0.39, 0.29) is 24.2 Å². The fourth-order valence-electron chi connectivity index (χ4n) is 4.01. The van der Waals surface area contributed by atoms with Crippen LogP contribution in [0.15, 0.2) is 54.0 Å². The number of halogens is 2. The van der Waals surface area contributed by atoms with E-state index in [2.05, 4.69) is 30.9 Å². The van der Waals surface area contributed by atoms with Crippen LogP contribution in [0, 0.1) is 11.6 Å².